The summed E-state index contributed by atoms with van der Waals surface area (Å²) in [4.78, 5) is 24.5. The highest BCUT2D eigenvalue weighted by Crippen LogP contribution is 2.58. The average molecular weight is 525 g/mol. The van der Waals surface area contributed by atoms with E-state index >= 15 is 0 Å². The zero-order valence-corrected chi connectivity index (χ0v) is 21.3. The van der Waals surface area contributed by atoms with E-state index in [-0.39, 0.29) is 23.3 Å². The fraction of sp³-hybridized carbons (Fsp3) is 0.267. The van der Waals surface area contributed by atoms with E-state index in [2.05, 4.69) is 16.5 Å². The number of aromatic nitrogens is 2. The molecule has 2 N–H and O–H groups in total. The summed E-state index contributed by atoms with van der Waals surface area (Å²) in [6.45, 7) is 0.464. The molecule has 0 bridgehead atoms. The minimum absolute atomic E-state index is 0.0476. The molecule has 1 aromatic heterocycles. The van der Waals surface area contributed by atoms with Gasteiger partial charge >= 0.3 is 5.97 Å². The van der Waals surface area contributed by atoms with Crippen molar-refractivity contribution in [3.8, 4) is 17.2 Å². The Bertz CT molecular complexity index is 1610. The summed E-state index contributed by atoms with van der Waals surface area (Å²) in [6, 6.07) is 21.2. The number of aliphatic carboxylic acids is 1. The van der Waals surface area contributed by atoms with Crippen LogP contribution in [0.5, 0.6) is 0 Å². The van der Waals surface area contributed by atoms with Crippen LogP contribution < -0.4 is 5.32 Å². The van der Waals surface area contributed by atoms with Gasteiger partial charge < -0.3 is 10.4 Å². The van der Waals surface area contributed by atoms with Crippen LogP contribution in [0.15, 0.2) is 66.9 Å². The molecule has 0 radical (unpaired) electrons. The Balaban J connectivity index is 1.19. The zero-order chi connectivity index (χ0) is 26.4. The maximum atomic E-state index is 13.3. The first-order valence-corrected chi connectivity index (χ1v) is 13.0. The highest BCUT2D eigenvalue weighted by Gasteiger charge is 2.55. The first-order chi connectivity index (χ1) is 18.3. The molecule has 190 valence electrons. The standard InChI is InChI=1S/C30H25ClN4O3/c31-26-9-8-24(28(36)34-23-13-30(14-23)11-22(12-30)29(37)38)27-25(26)16-33-35(27)17-18-4-6-20(7-5-18)21-3-1-2-19(10-21)15-32/h1-10,16,22-23H,11-14,17H2,(H,34,36)(H,37,38). The van der Waals surface area contributed by atoms with Gasteiger partial charge in [-0.1, -0.05) is 48.0 Å². The highest BCUT2D eigenvalue weighted by molar-refractivity contribution is 6.36. The molecule has 6 rings (SSSR count). The molecule has 2 fully saturated rings. The van der Waals surface area contributed by atoms with E-state index in [1.807, 2.05) is 42.5 Å². The number of benzene rings is 3. The van der Waals surface area contributed by atoms with Crippen LogP contribution in [0, 0.1) is 22.7 Å². The lowest BCUT2D eigenvalue weighted by Crippen LogP contribution is -2.57. The molecule has 2 aliphatic carbocycles. The van der Waals surface area contributed by atoms with E-state index in [1.54, 1.807) is 29.1 Å². The molecule has 1 heterocycles. The fourth-order valence-corrected chi connectivity index (χ4v) is 6.26. The van der Waals surface area contributed by atoms with Gasteiger partial charge in [-0.05, 0) is 72.1 Å². The van der Waals surface area contributed by atoms with Gasteiger partial charge in [-0.2, -0.15) is 10.4 Å². The van der Waals surface area contributed by atoms with Crippen molar-refractivity contribution in [2.24, 2.45) is 11.3 Å². The summed E-state index contributed by atoms with van der Waals surface area (Å²) in [5, 5.41) is 27.3. The second-order valence-electron chi connectivity index (χ2n) is 10.6. The number of carbonyl (C=O) groups excluding carboxylic acids is 1. The molecule has 38 heavy (non-hydrogen) atoms. The third-order valence-corrected chi connectivity index (χ3v) is 8.34. The summed E-state index contributed by atoms with van der Waals surface area (Å²) >= 11 is 6.45. The normalized spacial score (nSPS) is 21.9. The molecule has 8 heteroatoms. The quantitative estimate of drug-likeness (QED) is 0.339. The first-order valence-electron chi connectivity index (χ1n) is 12.6. The van der Waals surface area contributed by atoms with E-state index in [0.29, 0.717) is 41.1 Å². The third kappa shape index (κ3) is 4.31. The van der Waals surface area contributed by atoms with Crippen molar-refractivity contribution in [2.45, 2.75) is 38.3 Å². The largest absolute Gasteiger partial charge is 0.481 e. The number of carboxylic acid groups (broad SMARTS) is 1. The summed E-state index contributed by atoms with van der Waals surface area (Å²) in [5.41, 5.74) is 4.91. The van der Waals surface area contributed by atoms with Gasteiger partial charge in [0.15, 0.2) is 0 Å². The Morgan fingerprint density at radius 1 is 1.08 bits per heavy atom. The van der Waals surface area contributed by atoms with Gasteiger partial charge in [0, 0.05) is 11.4 Å². The minimum atomic E-state index is -0.720. The number of carbonyl (C=O) groups is 2. The molecular formula is C30H25ClN4O3. The summed E-state index contributed by atoms with van der Waals surface area (Å²) < 4.78 is 1.80. The molecule has 3 aromatic carbocycles. The Kier molecular flexibility index (Phi) is 5.93. The number of nitrogens with zero attached hydrogens (tertiary/aromatic N) is 3. The number of rotatable bonds is 6. The molecular weight excluding hydrogens is 500 g/mol. The van der Waals surface area contributed by atoms with Gasteiger partial charge in [-0.25, -0.2) is 0 Å². The van der Waals surface area contributed by atoms with Crippen LogP contribution in [0.1, 0.15) is 47.2 Å². The molecule has 4 aromatic rings. The van der Waals surface area contributed by atoms with Crippen molar-refractivity contribution in [2.75, 3.05) is 0 Å². The molecule has 1 amide bonds. The van der Waals surface area contributed by atoms with E-state index in [1.165, 1.54) is 0 Å². The van der Waals surface area contributed by atoms with E-state index < -0.39 is 5.97 Å². The van der Waals surface area contributed by atoms with Crippen molar-refractivity contribution in [1.82, 2.24) is 15.1 Å². The lowest BCUT2D eigenvalue weighted by Gasteiger charge is -2.56. The molecule has 0 atom stereocenters. The lowest BCUT2D eigenvalue weighted by atomic mass is 9.50. The predicted molar refractivity (Wildman–Crippen MR) is 144 cm³/mol. The summed E-state index contributed by atoms with van der Waals surface area (Å²) in [7, 11) is 0. The van der Waals surface area contributed by atoms with Crippen LogP contribution in [-0.4, -0.2) is 32.8 Å². The van der Waals surface area contributed by atoms with Gasteiger partial charge in [-0.3, -0.25) is 14.3 Å². The fourth-order valence-electron chi connectivity index (χ4n) is 6.06. The third-order valence-electron chi connectivity index (χ3n) is 8.01. The number of nitrogens with one attached hydrogen (secondary N) is 1. The highest BCUT2D eigenvalue weighted by atomic mass is 35.5. The van der Waals surface area contributed by atoms with Gasteiger partial charge in [-0.15, -0.1) is 0 Å². The lowest BCUT2D eigenvalue weighted by molar-refractivity contribution is -0.155. The van der Waals surface area contributed by atoms with E-state index in [0.717, 1.165) is 34.9 Å². The second kappa shape index (κ2) is 9.30. The smallest absolute Gasteiger partial charge is 0.306 e. The van der Waals surface area contributed by atoms with Crippen molar-refractivity contribution in [1.29, 1.82) is 5.26 Å². The number of carboxylic acids is 1. The topological polar surface area (TPSA) is 108 Å². The van der Waals surface area contributed by atoms with Gasteiger partial charge in [0.05, 0.1) is 46.4 Å². The molecule has 2 aliphatic rings. The predicted octanol–water partition coefficient (Wildman–Crippen LogP) is 5.65. The van der Waals surface area contributed by atoms with Crippen LogP contribution in [-0.2, 0) is 11.3 Å². The minimum Gasteiger partial charge on any atom is -0.481 e. The number of hydrogen-bond acceptors (Lipinski definition) is 4. The SMILES string of the molecule is N#Cc1cccc(-c2ccc(Cn3ncc4c(Cl)ccc(C(=O)NC5CC6(C5)CC(C(=O)O)C6)c43)cc2)c1. The van der Waals surface area contributed by atoms with Crippen molar-refractivity contribution in [3.05, 3.63) is 88.6 Å². The second-order valence-corrected chi connectivity index (χ2v) is 11.0. The summed E-state index contributed by atoms with van der Waals surface area (Å²) in [5.74, 6) is -1.13. The number of halogens is 1. The molecule has 2 saturated carbocycles. The van der Waals surface area contributed by atoms with Crippen molar-refractivity contribution < 1.29 is 14.7 Å². The molecule has 0 saturated heterocycles. The number of amides is 1. The number of fused-ring (bicyclic) bond motifs is 1. The van der Waals surface area contributed by atoms with Gasteiger partial charge in [0.2, 0.25) is 0 Å². The maximum Gasteiger partial charge on any atom is 0.306 e. The summed E-state index contributed by atoms with van der Waals surface area (Å²) in [6.07, 6.45) is 4.74. The molecule has 0 unspecified atom stereocenters. The number of nitriles is 1. The van der Waals surface area contributed by atoms with Crippen LogP contribution in [0.3, 0.4) is 0 Å². The first kappa shape index (κ1) is 24.2. The van der Waals surface area contributed by atoms with Gasteiger partial charge in [0.25, 0.3) is 5.91 Å². The Hall–Kier alpha value is -4.15. The Morgan fingerprint density at radius 3 is 2.55 bits per heavy atom. The van der Waals surface area contributed by atoms with Crippen LogP contribution in [0.25, 0.3) is 22.0 Å². The number of hydrogen-bond donors (Lipinski definition) is 2. The van der Waals surface area contributed by atoms with E-state index in [9.17, 15) is 14.9 Å². The molecule has 0 aliphatic heterocycles. The van der Waals surface area contributed by atoms with E-state index in [4.69, 9.17) is 16.7 Å². The Labute approximate surface area is 224 Å². The molecule has 7 nitrogen and oxygen atoms in total. The Morgan fingerprint density at radius 2 is 1.84 bits per heavy atom. The molecule has 1 spiro atoms. The zero-order valence-electron chi connectivity index (χ0n) is 20.5. The van der Waals surface area contributed by atoms with Crippen LogP contribution in [0.4, 0.5) is 0 Å². The van der Waals surface area contributed by atoms with Crippen LogP contribution >= 0.6 is 11.6 Å². The average Bonchev–Trinajstić information content (AvgIpc) is 3.29. The van der Waals surface area contributed by atoms with Crippen molar-refractivity contribution >= 4 is 34.4 Å². The monoisotopic (exact) mass is 524 g/mol. The van der Waals surface area contributed by atoms with Crippen LogP contribution in [0.2, 0.25) is 5.02 Å². The van der Waals surface area contributed by atoms with Crippen molar-refractivity contribution in [3.63, 3.8) is 0 Å². The van der Waals surface area contributed by atoms with Gasteiger partial charge in [0.1, 0.15) is 0 Å². The maximum absolute atomic E-state index is 13.3.